The molecular weight excluding hydrogens is 226 g/mol. The number of hydrogen-bond donors (Lipinski definition) is 1. The molecule has 16 heavy (non-hydrogen) atoms. The van der Waals surface area contributed by atoms with Gasteiger partial charge in [-0.05, 0) is 26.0 Å². The Hall–Kier alpha value is -0.980. The second-order valence-electron chi connectivity index (χ2n) is 4.23. The van der Waals surface area contributed by atoms with Crippen molar-refractivity contribution in [2.75, 3.05) is 14.1 Å². The molecule has 1 aromatic heterocycles. The molecule has 0 aliphatic carbocycles. The number of nitrogens with one attached hydrogen (secondary N) is 1. The van der Waals surface area contributed by atoms with E-state index in [1.54, 1.807) is 32.2 Å². The molecule has 0 amide bonds. The average molecular weight is 243 g/mol. The van der Waals surface area contributed by atoms with Crippen LogP contribution in [0.3, 0.4) is 0 Å². The van der Waals surface area contributed by atoms with Gasteiger partial charge in [0.15, 0.2) is 0 Å². The molecule has 0 saturated heterocycles. The van der Waals surface area contributed by atoms with E-state index in [2.05, 4.69) is 9.71 Å². The van der Waals surface area contributed by atoms with Crippen molar-refractivity contribution >= 4 is 10.2 Å². The molecule has 0 radical (unpaired) electrons. The van der Waals surface area contributed by atoms with Crippen molar-refractivity contribution in [3.8, 4) is 0 Å². The number of aromatic nitrogens is 1. The smallest absolute Gasteiger partial charge is 0.259 e. The van der Waals surface area contributed by atoms with Crippen LogP contribution in [-0.4, -0.2) is 31.8 Å². The fourth-order valence-corrected chi connectivity index (χ4v) is 2.13. The molecule has 90 valence electrons. The van der Waals surface area contributed by atoms with Crippen molar-refractivity contribution in [1.29, 1.82) is 0 Å². The zero-order valence-corrected chi connectivity index (χ0v) is 10.7. The van der Waals surface area contributed by atoms with Crippen LogP contribution in [0.1, 0.15) is 19.5 Å². The molecule has 0 spiro atoms. The van der Waals surface area contributed by atoms with Gasteiger partial charge in [0.05, 0.1) is 11.2 Å². The zero-order valence-electron chi connectivity index (χ0n) is 9.93. The Kier molecular flexibility index (Phi) is 3.67. The van der Waals surface area contributed by atoms with Crippen LogP contribution in [-0.2, 0) is 15.7 Å². The molecule has 0 saturated carbocycles. The first-order valence-electron chi connectivity index (χ1n) is 4.88. The minimum atomic E-state index is -3.46. The summed E-state index contributed by atoms with van der Waals surface area (Å²) in [6.45, 7) is 3.55. The van der Waals surface area contributed by atoms with Crippen LogP contribution >= 0.6 is 0 Å². The Labute approximate surface area is 96.7 Å². The second kappa shape index (κ2) is 4.48. The van der Waals surface area contributed by atoms with E-state index in [9.17, 15) is 8.42 Å². The number of hydrogen-bond acceptors (Lipinski definition) is 3. The first kappa shape index (κ1) is 13.1. The quantitative estimate of drug-likeness (QED) is 0.847. The van der Waals surface area contributed by atoms with Gasteiger partial charge in [-0.15, -0.1) is 0 Å². The lowest BCUT2D eigenvalue weighted by molar-refractivity contribution is 0.429. The Bertz CT molecular complexity index is 440. The van der Waals surface area contributed by atoms with Gasteiger partial charge in [-0.2, -0.15) is 17.4 Å². The maximum atomic E-state index is 11.7. The third-order valence-electron chi connectivity index (χ3n) is 2.17. The lowest BCUT2D eigenvalue weighted by Crippen LogP contribution is -2.46. The highest BCUT2D eigenvalue weighted by atomic mass is 32.2. The van der Waals surface area contributed by atoms with E-state index >= 15 is 0 Å². The summed E-state index contributed by atoms with van der Waals surface area (Å²) in [7, 11) is -0.495. The van der Waals surface area contributed by atoms with Crippen LogP contribution in [0.5, 0.6) is 0 Å². The largest absolute Gasteiger partial charge is 0.279 e. The van der Waals surface area contributed by atoms with Gasteiger partial charge in [0.2, 0.25) is 0 Å². The fourth-order valence-electron chi connectivity index (χ4n) is 1.20. The average Bonchev–Trinajstić information content (AvgIpc) is 2.17. The van der Waals surface area contributed by atoms with E-state index in [0.29, 0.717) is 5.69 Å². The number of nitrogens with zero attached hydrogens (tertiary/aromatic N) is 2. The molecule has 0 aliphatic rings. The van der Waals surface area contributed by atoms with E-state index in [1.807, 2.05) is 6.07 Å². The molecule has 0 bridgehead atoms. The molecule has 0 unspecified atom stereocenters. The van der Waals surface area contributed by atoms with Crippen LogP contribution in [0.2, 0.25) is 0 Å². The summed E-state index contributed by atoms with van der Waals surface area (Å²) in [6, 6.07) is 5.41. The molecule has 0 aliphatic heterocycles. The molecule has 5 nitrogen and oxygen atoms in total. The van der Waals surface area contributed by atoms with Crippen molar-refractivity contribution in [1.82, 2.24) is 14.0 Å². The topological polar surface area (TPSA) is 62.3 Å². The van der Waals surface area contributed by atoms with Crippen LogP contribution < -0.4 is 4.72 Å². The standard InChI is InChI=1S/C10H17N3O2S/c1-10(2,9-7-5-6-8-11-9)12-16(14,15)13(3)4/h5-8,12H,1-4H3. The first-order chi connectivity index (χ1) is 7.26. The highest BCUT2D eigenvalue weighted by Crippen LogP contribution is 2.18. The lowest BCUT2D eigenvalue weighted by atomic mass is 10.0. The minimum absolute atomic E-state index is 0.681. The van der Waals surface area contributed by atoms with Gasteiger partial charge in [-0.25, -0.2) is 0 Å². The van der Waals surface area contributed by atoms with Crippen molar-refractivity contribution < 1.29 is 8.42 Å². The lowest BCUT2D eigenvalue weighted by Gasteiger charge is -2.27. The Morgan fingerprint density at radius 2 is 1.94 bits per heavy atom. The maximum Gasteiger partial charge on any atom is 0.279 e. The third kappa shape index (κ3) is 3.01. The van der Waals surface area contributed by atoms with Gasteiger partial charge in [0, 0.05) is 20.3 Å². The molecule has 1 N–H and O–H groups in total. The van der Waals surface area contributed by atoms with Gasteiger partial charge >= 0.3 is 0 Å². The molecular formula is C10H17N3O2S. The highest BCUT2D eigenvalue weighted by Gasteiger charge is 2.28. The van der Waals surface area contributed by atoms with Crippen molar-refractivity contribution in [2.24, 2.45) is 0 Å². The molecule has 1 aromatic rings. The van der Waals surface area contributed by atoms with E-state index in [1.165, 1.54) is 14.1 Å². The summed E-state index contributed by atoms with van der Waals surface area (Å²) in [5.41, 5.74) is -0.0508. The Morgan fingerprint density at radius 3 is 2.38 bits per heavy atom. The summed E-state index contributed by atoms with van der Waals surface area (Å²) in [4.78, 5) is 4.15. The highest BCUT2D eigenvalue weighted by molar-refractivity contribution is 7.87. The van der Waals surface area contributed by atoms with E-state index in [4.69, 9.17) is 0 Å². The Morgan fingerprint density at radius 1 is 1.31 bits per heavy atom. The summed E-state index contributed by atoms with van der Waals surface area (Å²) >= 11 is 0. The SMILES string of the molecule is CN(C)S(=O)(=O)NC(C)(C)c1ccccn1. The van der Waals surface area contributed by atoms with E-state index < -0.39 is 15.7 Å². The molecule has 1 rings (SSSR count). The van der Waals surface area contributed by atoms with Crippen molar-refractivity contribution in [2.45, 2.75) is 19.4 Å². The van der Waals surface area contributed by atoms with Crippen LogP contribution in [0, 0.1) is 0 Å². The van der Waals surface area contributed by atoms with Crippen LogP contribution in [0.4, 0.5) is 0 Å². The summed E-state index contributed by atoms with van der Waals surface area (Å²) < 4.78 is 27.1. The van der Waals surface area contributed by atoms with Gasteiger partial charge < -0.3 is 0 Å². The fraction of sp³-hybridized carbons (Fsp3) is 0.500. The first-order valence-corrected chi connectivity index (χ1v) is 6.33. The molecule has 0 aromatic carbocycles. The molecule has 0 atom stereocenters. The molecule has 0 fully saturated rings. The normalized spacial score (nSPS) is 13.1. The van der Waals surface area contributed by atoms with Crippen molar-refractivity contribution in [3.63, 3.8) is 0 Å². The minimum Gasteiger partial charge on any atom is -0.259 e. The summed E-state index contributed by atoms with van der Waals surface area (Å²) in [5.74, 6) is 0. The summed E-state index contributed by atoms with van der Waals surface area (Å²) in [5, 5.41) is 0. The predicted octanol–water partition coefficient (Wildman–Crippen LogP) is 0.713. The number of pyridine rings is 1. The molecule has 1 heterocycles. The Balaban J connectivity index is 2.97. The monoisotopic (exact) mass is 243 g/mol. The summed E-state index contributed by atoms with van der Waals surface area (Å²) in [6.07, 6.45) is 1.64. The zero-order chi connectivity index (χ0) is 12.4. The second-order valence-corrected chi connectivity index (χ2v) is 6.11. The van der Waals surface area contributed by atoms with Gasteiger partial charge in [0.25, 0.3) is 10.2 Å². The van der Waals surface area contributed by atoms with E-state index in [0.717, 1.165) is 4.31 Å². The maximum absolute atomic E-state index is 11.7. The number of rotatable bonds is 4. The van der Waals surface area contributed by atoms with Crippen LogP contribution in [0.15, 0.2) is 24.4 Å². The van der Waals surface area contributed by atoms with E-state index in [-0.39, 0.29) is 0 Å². The van der Waals surface area contributed by atoms with Gasteiger partial charge in [-0.1, -0.05) is 6.07 Å². The van der Waals surface area contributed by atoms with Gasteiger partial charge in [0.1, 0.15) is 0 Å². The predicted molar refractivity (Wildman–Crippen MR) is 63.0 cm³/mol. The third-order valence-corrected chi connectivity index (χ3v) is 3.90. The van der Waals surface area contributed by atoms with Gasteiger partial charge in [-0.3, -0.25) is 4.98 Å². The van der Waals surface area contributed by atoms with Crippen molar-refractivity contribution in [3.05, 3.63) is 30.1 Å². The molecule has 6 heteroatoms. The van der Waals surface area contributed by atoms with Crippen LogP contribution in [0.25, 0.3) is 0 Å².